The van der Waals surface area contributed by atoms with Crippen molar-refractivity contribution in [1.82, 2.24) is 24.5 Å². The normalized spacial score (nSPS) is 11.4. The Hall–Kier alpha value is -2.89. The molecule has 0 radical (unpaired) electrons. The third-order valence-corrected chi connectivity index (χ3v) is 3.36. The van der Waals surface area contributed by atoms with Crippen molar-refractivity contribution in [2.24, 2.45) is 0 Å². The van der Waals surface area contributed by atoms with Crippen LogP contribution in [0.15, 0.2) is 47.7 Å². The highest BCUT2D eigenvalue weighted by atomic mass is 16.1. The summed E-state index contributed by atoms with van der Waals surface area (Å²) in [5.41, 5.74) is 3.05. The number of H-pyrrole nitrogens is 2. The molecule has 0 spiro atoms. The number of aromatic amines is 2. The molecule has 0 aliphatic rings. The minimum absolute atomic E-state index is 0.152. The van der Waals surface area contributed by atoms with Crippen LogP contribution >= 0.6 is 0 Å². The standard InChI is InChI=1S/C14H11N5O/c20-14-18-11-7-17-13-10(4-6-16-13)12(11)19(14)8-9-3-1-2-5-15-9/h1-7H,8H2,(H,16,17)(H,18,20). The van der Waals surface area contributed by atoms with Gasteiger partial charge in [0.05, 0.1) is 29.5 Å². The van der Waals surface area contributed by atoms with Crippen molar-refractivity contribution < 1.29 is 0 Å². The average Bonchev–Trinajstić information content (AvgIpc) is 3.05. The molecular formula is C14H11N5O. The zero-order valence-corrected chi connectivity index (χ0v) is 10.5. The maximum atomic E-state index is 12.2. The maximum absolute atomic E-state index is 12.2. The van der Waals surface area contributed by atoms with E-state index in [0.29, 0.717) is 6.54 Å². The molecule has 6 nitrogen and oxygen atoms in total. The zero-order chi connectivity index (χ0) is 13.5. The number of nitrogens with one attached hydrogen (secondary N) is 2. The fraction of sp³-hybridized carbons (Fsp3) is 0.0714. The first kappa shape index (κ1) is 11.0. The fourth-order valence-corrected chi connectivity index (χ4v) is 2.46. The molecule has 0 aliphatic carbocycles. The summed E-state index contributed by atoms with van der Waals surface area (Å²) in [6.45, 7) is 0.434. The molecular weight excluding hydrogens is 254 g/mol. The largest absolute Gasteiger partial charge is 0.346 e. The molecule has 4 rings (SSSR count). The lowest BCUT2D eigenvalue weighted by molar-refractivity contribution is 0.766. The van der Waals surface area contributed by atoms with Gasteiger partial charge in [-0.15, -0.1) is 0 Å². The van der Waals surface area contributed by atoms with Gasteiger partial charge in [-0.2, -0.15) is 0 Å². The third kappa shape index (κ3) is 1.55. The van der Waals surface area contributed by atoms with Crippen molar-refractivity contribution in [1.29, 1.82) is 0 Å². The molecule has 2 N–H and O–H groups in total. The Morgan fingerprint density at radius 1 is 1.20 bits per heavy atom. The first-order valence-electron chi connectivity index (χ1n) is 6.27. The Labute approximate surface area is 113 Å². The molecule has 4 aromatic heterocycles. The van der Waals surface area contributed by atoms with Crippen LogP contribution in [-0.2, 0) is 6.54 Å². The molecule has 0 atom stereocenters. The van der Waals surface area contributed by atoms with Crippen LogP contribution in [0, 0.1) is 0 Å². The van der Waals surface area contributed by atoms with Gasteiger partial charge in [-0.05, 0) is 18.2 Å². The minimum Gasteiger partial charge on any atom is -0.346 e. The minimum atomic E-state index is -0.152. The summed E-state index contributed by atoms with van der Waals surface area (Å²) < 4.78 is 1.69. The lowest BCUT2D eigenvalue weighted by Gasteiger charge is -2.03. The summed E-state index contributed by atoms with van der Waals surface area (Å²) >= 11 is 0. The van der Waals surface area contributed by atoms with Crippen molar-refractivity contribution in [2.45, 2.75) is 6.54 Å². The summed E-state index contributed by atoms with van der Waals surface area (Å²) in [4.78, 5) is 26.6. The molecule has 0 bridgehead atoms. The molecule has 20 heavy (non-hydrogen) atoms. The highest BCUT2D eigenvalue weighted by Crippen LogP contribution is 2.20. The van der Waals surface area contributed by atoms with E-state index in [1.807, 2.05) is 30.5 Å². The number of aromatic nitrogens is 5. The van der Waals surface area contributed by atoms with Gasteiger partial charge in [-0.25, -0.2) is 9.78 Å². The van der Waals surface area contributed by atoms with Gasteiger partial charge in [0, 0.05) is 17.8 Å². The van der Waals surface area contributed by atoms with Crippen molar-refractivity contribution in [3.05, 3.63) is 59.0 Å². The zero-order valence-electron chi connectivity index (χ0n) is 10.5. The number of rotatable bonds is 2. The van der Waals surface area contributed by atoms with Crippen LogP contribution in [0.2, 0.25) is 0 Å². The van der Waals surface area contributed by atoms with Crippen LogP contribution < -0.4 is 5.69 Å². The number of hydrogen-bond donors (Lipinski definition) is 2. The third-order valence-electron chi connectivity index (χ3n) is 3.36. The molecule has 0 aliphatic heterocycles. The lowest BCUT2D eigenvalue weighted by Crippen LogP contribution is -2.17. The van der Waals surface area contributed by atoms with Gasteiger partial charge in [0.1, 0.15) is 5.65 Å². The van der Waals surface area contributed by atoms with E-state index in [2.05, 4.69) is 19.9 Å². The lowest BCUT2D eigenvalue weighted by atomic mass is 10.3. The van der Waals surface area contributed by atoms with Crippen LogP contribution in [0.3, 0.4) is 0 Å². The summed E-state index contributed by atoms with van der Waals surface area (Å²) in [6.07, 6.45) is 5.22. The smallest absolute Gasteiger partial charge is 0.326 e. The van der Waals surface area contributed by atoms with E-state index < -0.39 is 0 Å². The highest BCUT2D eigenvalue weighted by molar-refractivity contribution is 6.00. The molecule has 98 valence electrons. The van der Waals surface area contributed by atoms with Crippen LogP contribution in [0.4, 0.5) is 0 Å². The molecule has 6 heteroatoms. The Bertz CT molecular complexity index is 948. The van der Waals surface area contributed by atoms with E-state index in [1.54, 1.807) is 17.0 Å². The van der Waals surface area contributed by atoms with Gasteiger partial charge in [-0.1, -0.05) is 6.07 Å². The molecule has 0 saturated heterocycles. The van der Waals surface area contributed by atoms with E-state index in [0.717, 1.165) is 27.8 Å². The summed E-state index contributed by atoms with van der Waals surface area (Å²) in [5, 5.41) is 0.928. The Balaban J connectivity index is 2.00. The highest BCUT2D eigenvalue weighted by Gasteiger charge is 2.12. The SMILES string of the molecule is O=c1[nH]c2cnc3[nH]ccc3c2n1Cc1ccccn1. The van der Waals surface area contributed by atoms with Crippen LogP contribution in [0.25, 0.3) is 22.1 Å². The molecule has 0 unspecified atom stereocenters. The summed E-state index contributed by atoms with van der Waals surface area (Å²) in [7, 11) is 0. The van der Waals surface area contributed by atoms with E-state index in [-0.39, 0.29) is 5.69 Å². The van der Waals surface area contributed by atoms with E-state index in [1.165, 1.54) is 0 Å². The molecule has 0 aromatic carbocycles. The number of pyridine rings is 2. The molecule has 0 amide bonds. The number of nitrogens with zero attached hydrogens (tertiary/aromatic N) is 3. The Kier molecular flexibility index (Phi) is 2.23. The van der Waals surface area contributed by atoms with Gasteiger partial charge in [0.25, 0.3) is 0 Å². The quantitative estimate of drug-likeness (QED) is 0.578. The molecule has 4 heterocycles. The Morgan fingerprint density at radius 2 is 2.15 bits per heavy atom. The van der Waals surface area contributed by atoms with E-state index >= 15 is 0 Å². The first-order chi connectivity index (χ1) is 9.83. The average molecular weight is 265 g/mol. The van der Waals surface area contributed by atoms with Crippen molar-refractivity contribution in [2.75, 3.05) is 0 Å². The second-order valence-corrected chi connectivity index (χ2v) is 4.60. The number of hydrogen-bond acceptors (Lipinski definition) is 3. The Morgan fingerprint density at radius 3 is 3.00 bits per heavy atom. The van der Waals surface area contributed by atoms with Crippen molar-refractivity contribution in [3.8, 4) is 0 Å². The maximum Gasteiger partial charge on any atom is 0.326 e. The van der Waals surface area contributed by atoms with Gasteiger partial charge in [0.15, 0.2) is 0 Å². The second kappa shape index (κ2) is 4.06. The molecule has 0 saturated carbocycles. The monoisotopic (exact) mass is 265 g/mol. The van der Waals surface area contributed by atoms with Gasteiger partial charge in [-0.3, -0.25) is 9.55 Å². The summed E-state index contributed by atoms with van der Waals surface area (Å²) in [5.74, 6) is 0. The van der Waals surface area contributed by atoms with Crippen molar-refractivity contribution in [3.63, 3.8) is 0 Å². The summed E-state index contributed by atoms with van der Waals surface area (Å²) in [6, 6.07) is 7.60. The van der Waals surface area contributed by atoms with Crippen LogP contribution in [0.5, 0.6) is 0 Å². The fourth-order valence-electron chi connectivity index (χ4n) is 2.46. The predicted molar refractivity (Wildman–Crippen MR) is 75.5 cm³/mol. The van der Waals surface area contributed by atoms with Crippen molar-refractivity contribution >= 4 is 22.1 Å². The molecule has 4 aromatic rings. The second-order valence-electron chi connectivity index (χ2n) is 4.60. The number of fused-ring (bicyclic) bond motifs is 3. The van der Waals surface area contributed by atoms with Gasteiger partial charge >= 0.3 is 5.69 Å². The predicted octanol–water partition coefficient (Wildman–Crippen LogP) is 1.65. The van der Waals surface area contributed by atoms with Gasteiger partial charge in [0.2, 0.25) is 0 Å². The topological polar surface area (TPSA) is 79.4 Å². The first-order valence-corrected chi connectivity index (χ1v) is 6.27. The van der Waals surface area contributed by atoms with Crippen LogP contribution in [-0.4, -0.2) is 24.5 Å². The molecule has 0 fully saturated rings. The van der Waals surface area contributed by atoms with E-state index in [9.17, 15) is 4.79 Å². The van der Waals surface area contributed by atoms with Gasteiger partial charge < -0.3 is 9.97 Å². The van der Waals surface area contributed by atoms with E-state index in [4.69, 9.17) is 0 Å². The number of imidazole rings is 1. The van der Waals surface area contributed by atoms with Crippen LogP contribution in [0.1, 0.15) is 5.69 Å².